The van der Waals surface area contributed by atoms with E-state index in [-0.39, 0.29) is 27.9 Å². The van der Waals surface area contributed by atoms with Crippen LogP contribution in [-0.2, 0) is 14.6 Å². The highest BCUT2D eigenvalue weighted by Gasteiger charge is 2.59. The number of hydrogen-bond acceptors (Lipinski definition) is 8. The number of carbonyl (C=O) groups is 4. The molecule has 2 unspecified atom stereocenters. The van der Waals surface area contributed by atoms with Crippen molar-refractivity contribution in [2.75, 3.05) is 4.90 Å². The molecule has 0 spiro atoms. The maximum Gasteiger partial charge on any atom is 0.501 e. The monoisotopic (exact) mass is 604 g/mol. The first-order valence-electron chi connectivity index (χ1n) is 12.1. The van der Waals surface area contributed by atoms with E-state index in [0.29, 0.717) is 17.0 Å². The first-order chi connectivity index (χ1) is 19.6. The molecule has 42 heavy (non-hydrogen) atoms. The highest BCUT2D eigenvalue weighted by atomic mass is 32.2. The number of anilines is 1. The molecule has 220 valence electrons. The molecule has 1 aliphatic heterocycles. The first-order valence-corrected chi connectivity index (χ1v) is 13.6. The number of primary amides is 2. The molecule has 16 heteroatoms. The largest absolute Gasteiger partial charge is 0.501 e. The van der Waals surface area contributed by atoms with Crippen LogP contribution in [-0.4, -0.2) is 53.2 Å². The Morgan fingerprint density at radius 3 is 1.74 bits per heavy atom. The zero-order chi connectivity index (χ0) is 31.2. The number of nitrogens with one attached hydrogen (secondary N) is 1. The number of nitrogens with two attached hydrogens (primary N) is 2. The van der Waals surface area contributed by atoms with E-state index in [4.69, 9.17) is 11.5 Å². The van der Waals surface area contributed by atoms with Gasteiger partial charge in [-0.05, 0) is 47.5 Å². The molecule has 1 fully saturated rings. The minimum Gasteiger partial charge on any atom is -0.366 e. The van der Waals surface area contributed by atoms with Crippen LogP contribution in [0.15, 0.2) is 66.1 Å². The van der Waals surface area contributed by atoms with Crippen molar-refractivity contribution in [1.82, 2.24) is 15.3 Å². The molecule has 0 radical (unpaired) electrons. The van der Waals surface area contributed by atoms with Crippen molar-refractivity contribution in [3.8, 4) is 0 Å². The van der Waals surface area contributed by atoms with E-state index in [0.717, 1.165) is 12.1 Å². The van der Waals surface area contributed by atoms with Crippen molar-refractivity contribution >= 4 is 39.3 Å². The predicted octanol–water partition coefficient (Wildman–Crippen LogP) is 2.37. The van der Waals surface area contributed by atoms with Crippen LogP contribution in [0, 0.1) is 0 Å². The Morgan fingerprint density at radius 2 is 1.33 bits per heavy atom. The van der Waals surface area contributed by atoms with Crippen LogP contribution in [0.3, 0.4) is 0 Å². The summed E-state index contributed by atoms with van der Waals surface area (Å²) in [5.74, 6) is -4.72. The van der Waals surface area contributed by atoms with Gasteiger partial charge in [0.2, 0.25) is 0 Å². The molecule has 3 heterocycles. The van der Waals surface area contributed by atoms with Crippen LogP contribution >= 0.6 is 0 Å². The Morgan fingerprint density at radius 1 is 0.881 bits per heavy atom. The van der Waals surface area contributed by atoms with E-state index in [1.807, 2.05) is 0 Å². The fraction of sp³-hybridized carbons (Fsp3) is 0.231. The maximum atomic E-state index is 14.4. The second-order valence-electron chi connectivity index (χ2n) is 9.48. The molecule has 1 aromatic carbocycles. The summed E-state index contributed by atoms with van der Waals surface area (Å²) in [4.78, 5) is 59.6. The van der Waals surface area contributed by atoms with Crippen LogP contribution in [0.5, 0.6) is 0 Å². The van der Waals surface area contributed by atoms with E-state index in [9.17, 15) is 40.8 Å². The van der Waals surface area contributed by atoms with Crippen molar-refractivity contribution < 1.29 is 40.8 Å². The Kier molecular flexibility index (Phi) is 7.54. The molecule has 5 N–H and O–H groups in total. The molecule has 0 saturated carbocycles. The second kappa shape index (κ2) is 10.5. The summed E-state index contributed by atoms with van der Waals surface area (Å²) in [6.07, 6.45) is 5.06. The standard InChI is InChI=1S/C26H23F3N6O6S/c1-13(17-7-9-32-11-19(17)21(30)36)25(14(2)18-8-10-33-12-20(18)22(31)37)23(38)35(24(39)34-25)15-3-5-16(6-4-15)42(40,41)26(27,28)29/h3-14H,1-2H3,(H2,30,36)(H2,31,37)(H,34,39). The molecule has 0 aliphatic carbocycles. The van der Waals surface area contributed by atoms with E-state index < -0.39 is 61.4 Å². The van der Waals surface area contributed by atoms with Gasteiger partial charge in [-0.3, -0.25) is 24.4 Å². The maximum absolute atomic E-state index is 14.4. The van der Waals surface area contributed by atoms with Gasteiger partial charge in [0, 0.05) is 36.6 Å². The van der Waals surface area contributed by atoms with Crippen molar-refractivity contribution in [2.45, 2.75) is 41.6 Å². The molecule has 0 bridgehead atoms. The number of halogens is 3. The molecule has 2 atom stereocenters. The quantitative estimate of drug-likeness (QED) is 0.326. The number of hydrogen-bond donors (Lipinski definition) is 3. The van der Waals surface area contributed by atoms with Crippen LogP contribution in [0.2, 0.25) is 0 Å². The number of urea groups is 1. The lowest BCUT2D eigenvalue weighted by Crippen LogP contribution is -2.55. The fourth-order valence-electron chi connectivity index (χ4n) is 5.14. The lowest BCUT2D eigenvalue weighted by atomic mass is 9.68. The lowest BCUT2D eigenvalue weighted by molar-refractivity contribution is -0.123. The van der Waals surface area contributed by atoms with E-state index in [1.54, 1.807) is 0 Å². The molecule has 1 aliphatic rings. The summed E-state index contributed by atoms with van der Waals surface area (Å²) in [7, 11) is -5.69. The number of pyridine rings is 2. The lowest BCUT2D eigenvalue weighted by Gasteiger charge is -2.39. The number of sulfone groups is 1. The number of aromatic nitrogens is 2. The number of benzene rings is 1. The van der Waals surface area contributed by atoms with Gasteiger partial charge < -0.3 is 16.8 Å². The summed E-state index contributed by atoms with van der Waals surface area (Å²) >= 11 is 0. The second-order valence-corrected chi connectivity index (χ2v) is 11.4. The Hall–Kier alpha value is -4.86. The highest BCUT2D eigenvalue weighted by Crippen LogP contribution is 2.46. The fourth-order valence-corrected chi connectivity index (χ4v) is 5.90. The van der Waals surface area contributed by atoms with Crippen molar-refractivity contribution in [2.24, 2.45) is 11.5 Å². The van der Waals surface area contributed by atoms with Gasteiger partial charge in [0.05, 0.1) is 21.7 Å². The third-order valence-electron chi connectivity index (χ3n) is 7.32. The number of imide groups is 1. The molecular formula is C26H23F3N6O6S. The van der Waals surface area contributed by atoms with Gasteiger partial charge in [-0.2, -0.15) is 13.2 Å². The van der Waals surface area contributed by atoms with Crippen LogP contribution in [0.4, 0.5) is 23.7 Å². The third kappa shape index (κ3) is 4.72. The van der Waals surface area contributed by atoms with Gasteiger partial charge in [0.15, 0.2) is 0 Å². The normalized spacial score (nSPS) is 18.8. The summed E-state index contributed by atoms with van der Waals surface area (Å²) in [5, 5.41) is 2.66. The van der Waals surface area contributed by atoms with Gasteiger partial charge in [-0.15, -0.1) is 0 Å². The third-order valence-corrected chi connectivity index (χ3v) is 8.83. The molecule has 3 aromatic rings. The Balaban J connectivity index is 1.91. The Labute approximate surface area is 236 Å². The Bertz CT molecular complexity index is 1650. The van der Waals surface area contributed by atoms with E-state index >= 15 is 0 Å². The molecule has 12 nitrogen and oxygen atoms in total. The van der Waals surface area contributed by atoms with Gasteiger partial charge >= 0.3 is 11.5 Å². The van der Waals surface area contributed by atoms with Crippen LogP contribution in [0.25, 0.3) is 0 Å². The summed E-state index contributed by atoms with van der Waals surface area (Å²) in [6, 6.07) is 4.85. The number of alkyl halides is 3. The number of rotatable bonds is 8. The van der Waals surface area contributed by atoms with Gasteiger partial charge in [-0.1, -0.05) is 13.8 Å². The average molecular weight is 605 g/mol. The van der Waals surface area contributed by atoms with Crippen molar-refractivity contribution in [3.05, 3.63) is 83.4 Å². The molecule has 1 saturated heterocycles. The topological polar surface area (TPSA) is 196 Å². The zero-order valence-corrected chi connectivity index (χ0v) is 22.7. The van der Waals surface area contributed by atoms with Crippen LogP contribution < -0.4 is 21.7 Å². The minimum absolute atomic E-state index is 0.0522. The minimum atomic E-state index is -5.69. The van der Waals surface area contributed by atoms with Gasteiger partial charge in [0.25, 0.3) is 27.6 Å². The molecule has 4 rings (SSSR count). The van der Waals surface area contributed by atoms with Crippen LogP contribution in [0.1, 0.15) is 57.5 Å². The van der Waals surface area contributed by atoms with E-state index in [2.05, 4.69) is 15.3 Å². The molecule has 2 aromatic heterocycles. The molecular weight excluding hydrogens is 581 g/mol. The average Bonchev–Trinajstić information content (AvgIpc) is 3.21. The summed E-state index contributed by atoms with van der Waals surface area (Å²) in [6.45, 7) is 3.06. The van der Waals surface area contributed by atoms with Crippen molar-refractivity contribution in [3.63, 3.8) is 0 Å². The SMILES string of the molecule is CC(c1ccncc1C(N)=O)C1(C(C)c2ccncc2C(N)=O)NC(=O)N(c2ccc(S(=O)(=O)C(F)(F)F)cc2)C1=O. The number of carbonyl (C=O) groups excluding carboxylic acids is 4. The number of nitrogens with zero attached hydrogens (tertiary/aromatic N) is 3. The van der Waals surface area contributed by atoms with Crippen molar-refractivity contribution in [1.29, 1.82) is 0 Å². The first kappa shape index (κ1) is 30.1. The van der Waals surface area contributed by atoms with Gasteiger partial charge in [-0.25, -0.2) is 18.1 Å². The van der Waals surface area contributed by atoms with Gasteiger partial charge in [0.1, 0.15) is 5.54 Å². The van der Waals surface area contributed by atoms with E-state index in [1.165, 1.54) is 50.8 Å². The summed E-state index contributed by atoms with van der Waals surface area (Å²) < 4.78 is 62.7. The highest BCUT2D eigenvalue weighted by molar-refractivity contribution is 7.92. The predicted molar refractivity (Wildman–Crippen MR) is 141 cm³/mol. The number of amides is 5. The smallest absolute Gasteiger partial charge is 0.366 e. The molecule has 5 amide bonds. The summed E-state index contributed by atoms with van der Waals surface area (Å²) in [5.41, 5.74) is 3.68. The zero-order valence-electron chi connectivity index (χ0n) is 21.9.